The summed E-state index contributed by atoms with van der Waals surface area (Å²) in [5.41, 5.74) is 3.71. The zero-order chi connectivity index (χ0) is 29.9. The zero-order valence-corrected chi connectivity index (χ0v) is 22.9. The van der Waals surface area contributed by atoms with Crippen LogP contribution in [0.25, 0.3) is 34.2 Å². The minimum atomic E-state index is -0.302. The van der Waals surface area contributed by atoms with Gasteiger partial charge in [0.1, 0.15) is 0 Å². The zero-order valence-electron chi connectivity index (χ0n) is 22.9. The summed E-state index contributed by atoms with van der Waals surface area (Å²) < 4.78 is 0. The maximum absolute atomic E-state index is 13.8. The number of carbonyl (C=O) groups excluding carboxylic acids is 4. The number of carbonyl (C=O) groups is 4. The second-order valence-corrected chi connectivity index (χ2v) is 10.5. The Kier molecular flexibility index (Phi) is 5.61. The number of benzene rings is 5. The van der Waals surface area contributed by atoms with Crippen LogP contribution in [0.4, 0.5) is 0 Å². The number of aromatic nitrogens is 3. The molecule has 7 nitrogen and oxygen atoms in total. The van der Waals surface area contributed by atoms with Gasteiger partial charge in [0.05, 0.1) is 0 Å². The van der Waals surface area contributed by atoms with Crippen molar-refractivity contribution in [1.82, 2.24) is 15.0 Å². The summed E-state index contributed by atoms with van der Waals surface area (Å²) in [6, 6.07) is 32.8. The third kappa shape index (κ3) is 3.73. The van der Waals surface area contributed by atoms with E-state index in [1.807, 2.05) is 30.3 Å². The van der Waals surface area contributed by atoms with Crippen LogP contribution in [0, 0.1) is 0 Å². The summed E-state index contributed by atoms with van der Waals surface area (Å²) in [6.45, 7) is 0. The van der Waals surface area contributed by atoms with E-state index in [2.05, 4.69) is 0 Å². The van der Waals surface area contributed by atoms with Gasteiger partial charge in [-0.25, -0.2) is 15.0 Å². The molecule has 7 heteroatoms. The van der Waals surface area contributed by atoms with E-state index in [0.717, 1.165) is 0 Å². The van der Waals surface area contributed by atoms with Crippen molar-refractivity contribution in [2.45, 2.75) is 0 Å². The lowest BCUT2D eigenvalue weighted by Crippen LogP contribution is -2.22. The topological polar surface area (TPSA) is 107 Å². The number of hydrogen-bond donors (Lipinski definition) is 0. The van der Waals surface area contributed by atoms with E-state index in [9.17, 15) is 19.2 Å². The van der Waals surface area contributed by atoms with Crippen LogP contribution >= 0.6 is 0 Å². The molecule has 0 radical (unpaired) electrons. The van der Waals surface area contributed by atoms with Crippen molar-refractivity contribution in [3.8, 4) is 34.2 Å². The summed E-state index contributed by atoms with van der Waals surface area (Å²) in [6.07, 6.45) is 0. The van der Waals surface area contributed by atoms with Crippen LogP contribution in [0.1, 0.15) is 63.7 Å². The lowest BCUT2D eigenvalue weighted by atomic mass is 9.81. The van der Waals surface area contributed by atoms with Crippen molar-refractivity contribution in [3.05, 3.63) is 160 Å². The molecular weight excluding hydrogens is 550 g/mol. The average Bonchev–Trinajstić information content (AvgIpc) is 3.09. The van der Waals surface area contributed by atoms with Gasteiger partial charge >= 0.3 is 0 Å². The predicted octanol–water partition coefficient (Wildman–Crippen LogP) is 6.42. The second-order valence-electron chi connectivity index (χ2n) is 10.5. The Labute approximate surface area is 250 Å². The summed E-state index contributed by atoms with van der Waals surface area (Å²) >= 11 is 0. The molecule has 0 unspecified atom stereocenters. The molecular formula is C37H19N3O4. The summed E-state index contributed by atoms with van der Waals surface area (Å²) in [7, 11) is 0. The molecule has 6 aromatic rings. The van der Waals surface area contributed by atoms with Crippen molar-refractivity contribution in [3.63, 3.8) is 0 Å². The Balaban J connectivity index is 1.38. The van der Waals surface area contributed by atoms with Gasteiger partial charge in [-0.2, -0.15) is 0 Å². The van der Waals surface area contributed by atoms with Crippen LogP contribution < -0.4 is 0 Å². The molecule has 0 bridgehead atoms. The maximum Gasteiger partial charge on any atom is 0.195 e. The molecule has 0 N–H and O–H groups in total. The van der Waals surface area contributed by atoms with Crippen molar-refractivity contribution in [2.24, 2.45) is 0 Å². The lowest BCUT2D eigenvalue weighted by molar-refractivity contribution is 0.0979. The fourth-order valence-corrected chi connectivity index (χ4v) is 6.00. The van der Waals surface area contributed by atoms with Crippen molar-refractivity contribution in [1.29, 1.82) is 0 Å². The van der Waals surface area contributed by atoms with Crippen LogP contribution in [0.15, 0.2) is 115 Å². The molecule has 2 aliphatic rings. The highest BCUT2D eigenvalue weighted by Gasteiger charge is 2.34. The molecule has 0 saturated carbocycles. The van der Waals surface area contributed by atoms with Crippen LogP contribution in [0.2, 0.25) is 0 Å². The van der Waals surface area contributed by atoms with Crippen LogP contribution in [0.5, 0.6) is 0 Å². The van der Waals surface area contributed by atoms with Gasteiger partial charge in [-0.15, -0.1) is 0 Å². The van der Waals surface area contributed by atoms with E-state index in [4.69, 9.17) is 15.0 Å². The quantitative estimate of drug-likeness (QED) is 0.242. The molecule has 1 heterocycles. The highest BCUT2D eigenvalue weighted by atomic mass is 16.1. The minimum Gasteiger partial charge on any atom is -0.289 e. The first kappa shape index (κ1) is 25.5. The Morgan fingerprint density at radius 1 is 0.295 bits per heavy atom. The highest BCUT2D eigenvalue weighted by molar-refractivity contribution is 6.31. The molecule has 1 aromatic heterocycles. The molecule has 0 fully saturated rings. The average molecular weight is 570 g/mol. The lowest BCUT2D eigenvalue weighted by Gasteiger charge is -2.21. The number of nitrogens with zero attached hydrogens (tertiary/aromatic N) is 3. The third-order valence-electron chi connectivity index (χ3n) is 8.05. The monoisotopic (exact) mass is 569 g/mol. The molecule has 0 aliphatic heterocycles. The Morgan fingerprint density at radius 2 is 0.636 bits per heavy atom. The van der Waals surface area contributed by atoms with Crippen LogP contribution in [0.3, 0.4) is 0 Å². The first-order valence-corrected chi connectivity index (χ1v) is 14.0. The minimum absolute atomic E-state index is 0.166. The normalized spacial score (nSPS) is 13.2. The molecule has 0 spiro atoms. The van der Waals surface area contributed by atoms with Crippen molar-refractivity contribution < 1.29 is 19.2 Å². The number of ketones is 4. The largest absolute Gasteiger partial charge is 0.289 e. The number of fused-ring (bicyclic) bond motifs is 4. The van der Waals surface area contributed by atoms with E-state index in [0.29, 0.717) is 44.8 Å². The van der Waals surface area contributed by atoms with E-state index >= 15 is 0 Å². The Morgan fingerprint density at radius 3 is 1.09 bits per heavy atom. The summed E-state index contributed by atoms with van der Waals surface area (Å²) in [5, 5.41) is 0. The van der Waals surface area contributed by atoms with Gasteiger partial charge in [-0.1, -0.05) is 115 Å². The van der Waals surface area contributed by atoms with Gasteiger partial charge in [0.25, 0.3) is 0 Å². The van der Waals surface area contributed by atoms with E-state index in [1.54, 1.807) is 84.9 Å². The first-order chi connectivity index (χ1) is 21.5. The van der Waals surface area contributed by atoms with Crippen molar-refractivity contribution >= 4 is 23.1 Å². The number of rotatable bonds is 3. The molecule has 2 aliphatic carbocycles. The van der Waals surface area contributed by atoms with Gasteiger partial charge < -0.3 is 0 Å². The highest BCUT2D eigenvalue weighted by Crippen LogP contribution is 2.37. The van der Waals surface area contributed by atoms with E-state index in [-0.39, 0.29) is 57.0 Å². The van der Waals surface area contributed by atoms with E-state index in [1.165, 1.54) is 0 Å². The second kappa shape index (κ2) is 9.68. The van der Waals surface area contributed by atoms with Crippen LogP contribution in [-0.2, 0) is 0 Å². The summed E-state index contributed by atoms with van der Waals surface area (Å²) in [5.74, 6) is -0.473. The molecule has 5 aromatic carbocycles. The fourth-order valence-electron chi connectivity index (χ4n) is 6.00. The molecule has 0 saturated heterocycles. The molecule has 0 amide bonds. The van der Waals surface area contributed by atoms with Gasteiger partial charge in [0.15, 0.2) is 40.6 Å². The molecule has 206 valence electrons. The van der Waals surface area contributed by atoms with Gasteiger partial charge in [0.2, 0.25) is 0 Å². The third-order valence-corrected chi connectivity index (χ3v) is 8.05. The fraction of sp³-hybridized carbons (Fsp3) is 0. The maximum atomic E-state index is 13.8. The predicted molar refractivity (Wildman–Crippen MR) is 163 cm³/mol. The van der Waals surface area contributed by atoms with Gasteiger partial charge in [-0.3, -0.25) is 19.2 Å². The summed E-state index contributed by atoms with van der Waals surface area (Å²) in [4.78, 5) is 68.9. The molecule has 0 atom stereocenters. The smallest absolute Gasteiger partial charge is 0.195 e. The Hall–Kier alpha value is -6.21. The van der Waals surface area contributed by atoms with Gasteiger partial charge in [0, 0.05) is 61.2 Å². The molecule has 8 rings (SSSR count). The van der Waals surface area contributed by atoms with Gasteiger partial charge in [-0.05, 0) is 0 Å². The SMILES string of the molecule is O=C1c2ccccc2C(=O)c2c1cccc2-c1nc(-c2ccccc2)nc(-c2cccc3c2C(=O)c2ccccc2C3=O)n1. The van der Waals surface area contributed by atoms with Crippen LogP contribution in [-0.4, -0.2) is 38.1 Å². The van der Waals surface area contributed by atoms with Crippen molar-refractivity contribution in [2.75, 3.05) is 0 Å². The first-order valence-electron chi connectivity index (χ1n) is 14.0. The standard InChI is InChI=1S/C37H19N3O4/c41-31-21-12-4-6-14-23(21)33(43)29-25(31)16-8-18-27(29)36-38-35(20-10-2-1-3-11-20)39-37(40-36)28-19-9-17-26-30(28)34(44)24-15-7-5-13-22(24)32(26)42/h1-19H. The Bertz CT molecular complexity index is 2120. The molecule has 44 heavy (non-hydrogen) atoms. The number of hydrogen-bond acceptors (Lipinski definition) is 7. The van der Waals surface area contributed by atoms with E-state index < -0.39 is 0 Å².